The van der Waals surface area contributed by atoms with Crippen molar-refractivity contribution in [3.63, 3.8) is 0 Å². The average molecular weight is 351 g/mol. The van der Waals surface area contributed by atoms with Gasteiger partial charge in [-0.25, -0.2) is 0 Å². The Morgan fingerprint density at radius 3 is 1.96 bits per heavy atom. The summed E-state index contributed by atoms with van der Waals surface area (Å²) < 4.78 is 10.6. The zero-order valence-electron chi connectivity index (χ0n) is 13.8. The van der Waals surface area contributed by atoms with Crippen LogP contribution < -0.4 is 20.5 Å². The van der Waals surface area contributed by atoms with Crippen LogP contribution in [0, 0.1) is 0 Å². The van der Waals surface area contributed by atoms with E-state index in [2.05, 4.69) is 5.32 Å². The molecule has 0 atom stereocenters. The van der Waals surface area contributed by atoms with Crippen LogP contribution in [0.1, 0.15) is 23.6 Å². The second kappa shape index (κ2) is 9.80. The molecular formula is C18H23ClN2O3. The molecule has 0 saturated heterocycles. The van der Waals surface area contributed by atoms with Crippen molar-refractivity contribution in [3.05, 3.63) is 59.7 Å². The van der Waals surface area contributed by atoms with Crippen LogP contribution in [0.2, 0.25) is 0 Å². The largest absolute Gasteiger partial charge is 0.497 e. The summed E-state index contributed by atoms with van der Waals surface area (Å²) in [4.78, 5) is 12.1. The van der Waals surface area contributed by atoms with Crippen molar-refractivity contribution in [1.82, 2.24) is 5.32 Å². The molecule has 0 radical (unpaired) electrons. The number of benzene rings is 2. The van der Waals surface area contributed by atoms with Gasteiger partial charge in [0.1, 0.15) is 11.5 Å². The number of nitrogens with one attached hydrogen (secondary N) is 1. The summed E-state index contributed by atoms with van der Waals surface area (Å²) in [6.45, 7) is 0.314. The lowest BCUT2D eigenvalue weighted by atomic mass is 9.98. The number of carbonyl (C=O) groups is 1. The SMILES string of the molecule is COc1cccc(C(NC(=O)CCN)c2cccc(OC)c2)c1.Cl. The topological polar surface area (TPSA) is 73.6 Å². The lowest BCUT2D eigenvalue weighted by Crippen LogP contribution is -2.30. The molecule has 0 aliphatic rings. The molecule has 0 unspecified atom stereocenters. The maximum atomic E-state index is 12.1. The van der Waals surface area contributed by atoms with Crippen molar-refractivity contribution in [2.24, 2.45) is 5.73 Å². The maximum Gasteiger partial charge on any atom is 0.222 e. The third-order valence-electron chi connectivity index (χ3n) is 3.53. The number of hydrogen-bond acceptors (Lipinski definition) is 4. The van der Waals surface area contributed by atoms with Gasteiger partial charge < -0.3 is 20.5 Å². The minimum atomic E-state index is -0.292. The second-order valence-electron chi connectivity index (χ2n) is 5.09. The highest BCUT2D eigenvalue weighted by atomic mass is 35.5. The Balaban J connectivity index is 0.00000288. The van der Waals surface area contributed by atoms with Gasteiger partial charge in [-0.3, -0.25) is 4.79 Å². The fourth-order valence-corrected chi connectivity index (χ4v) is 2.37. The number of nitrogens with two attached hydrogens (primary N) is 1. The minimum absolute atomic E-state index is 0. The van der Waals surface area contributed by atoms with Gasteiger partial charge in [-0.05, 0) is 35.4 Å². The van der Waals surface area contributed by atoms with E-state index in [0.29, 0.717) is 6.54 Å². The van der Waals surface area contributed by atoms with Crippen LogP contribution in [0.4, 0.5) is 0 Å². The lowest BCUT2D eigenvalue weighted by Gasteiger charge is -2.21. The van der Waals surface area contributed by atoms with Gasteiger partial charge in [0, 0.05) is 13.0 Å². The van der Waals surface area contributed by atoms with Crippen LogP contribution in [-0.4, -0.2) is 26.7 Å². The fraction of sp³-hybridized carbons (Fsp3) is 0.278. The summed E-state index contributed by atoms with van der Waals surface area (Å²) in [7, 11) is 3.24. The van der Waals surface area contributed by atoms with E-state index in [0.717, 1.165) is 22.6 Å². The van der Waals surface area contributed by atoms with E-state index < -0.39 is 0 Å². The molecule has 2 aromatic carbocycles. The van der Waals surface area contributed by atoms with Gasteiger partial charge in [-0.2, -0.15) is 0 Å². The molecule has 2 aromatic rings. The molecule has 0 fully saturated rings. The van der Waals surface area contributed by atoms with Crippen LogP contribution in [0.25, 0.3) is 0 Å². The van der Waals surface area contributed by atoms with E-state index in [1.165, 1.54) is 0 Å². The molecule has 3 N–H and O–H groups in total. The Morgan fingerprint density at radius 2 is 1.54 bits per heavy atom. The molecule has 1 amide bonds. The Morgan fingerprint density at radius 1 is 1.04 bits per heavy atom. The third-order valence-corrected chi connectivity index (χ3v) is 3.53. The predicted octanol–water partition coefficient (Wildman–Crippen LogP) is 2.68. The summed E-state index contributed by atoms with van der Waals surface area (Å²) in [6.07, 6.45) is 0.282. The van der Waals surface area contributed by atoms with E-state index in [1.807, 2.05) is 48.5 Å². The Kier molecular flexibility index (Phi) is 8.09. The van der Waals surface area contributed by atoms with Crippen LogP contribution in [-0.2, 0) is 4.79 Å². The van der Waals surface area contributed by atoms with Gasteiger partial charge in [0.05, 0.1) is 20.3 Å². The molecule has 24 heavy (non-hydrogen) atoms. The molecule has 0 saturated carbocycles. The van der Waals surface area contributed by atoms with Crippen LogP contribution >= 0.6 is 12.4 Å². The molecule has 6 heteroatoms. The molecule has 5 nitrogen and oxygen atoms in total. The molecular weight excluding hydrogens is 328 g/mol. The fourth-order valence-electron chi connectivity index (χ4n) is 2.37. The minimum Gasteiger partial charge on any atom is -0.497 e. The van der Waals surface area contributed by atoms with Crippen molar-refractivity contribution in [2.45, 2.75) is 12.5 Å². The third kappa shape index (κ3) is 5.15. The maximum absolute atomic E-state index is 12.1. The number of rotatable bonds is 7. The van der Waals surface area contributed by atoms with Gasteiger partial charge in [-0.1, -0.05) is 24.3 Å². The highest BCUT2D eigenvalue weighted by molar-refractivity contribution is 5.85. The number of amides is 1. The second-order valence-corrected chi connectivity index (χ2v) is 5.09. The highest BCUT2D eigenvalue weighted by Gasteiger charge is 2.17. The van der Waals surface area contributed by atoms with Crippen molar-refractivity contribution in [1.29, 1.82) is 0 Å². The van der Waals surface area contributed by atoms with Gasteiger partial charge in [-0.15, -0.1) is 12.4 Å². The first-order chi connectivity index (χ1) is 11.2. The Bertz CT molecular complexity index is 617. The van der Waals surface area contributed by atoms with Gasteiger partial charge in [0.25, 0.3) is 0 Å². The van der Waals surface area contributed by atoms with E-state index in [4.69, 9.17) is 15.2 Å². The molecule has 0 aliphatic carbocycles. The number of carbonyl (C=O) groups excluding carboxylic acids is 1. The zero-order chi connectivity index (χ0) is 16.7. The number of hydrogen-bond donors (Lipinski definition) is 2. The van der Waals surface area contributed by atoms with Crippen molar-refractivity contribution < 1.29 is 14.3 Å². The van der Waals surface area contributed by atoms with Crippen molar-refractivity contribution in [3.8, 4) is 11.5 Å². The number of halogens is 1. The lowest BCUT2D eigenvalue weighted by molar-refractivity contribution is -0.121. The van der Waals surface area contributed by atoms with E-state index in [-0.39, 0.29) is 30.8 Å². The normalized spacial score (nSPS) is 10.0. The predicted molar refractivity (Wildman–Crippen MR) is 96.9 cm³/mol. The monoisotopic (exact) mass is 350 g/mol. The summed E-state index contributed by atoms with van der Waals surface area (Å²) in [5.41, 5.74) is 7.34. The van der Waals surface area contributed by atoms with E-state index in [1.54, 1.807) is 14.2 Å². The van der Waals surface area contributed by atoms with Crippen molar-refractivity contribution >= 4 is 18.3 Å². The Hall–Kier alpha value is -2.24. The average Bonchev–Trinajstić information content (AvgIpc) is 2.60. The quantitative estimate of drug-likeness (QED) is 0.805. The molecule has 130 valence electrons. The summed E-state index contributed by atoms with van der Waals surface area (Å²) in [5.74, 6) is 1.38. The van der Waals surface area contributed by atoms with Crippen LogP contribution in [0.5, 0.6) is 11.5 Å². The summed E-state index contributed by atoms with van der Waals surface area (Å²) in [6, 6.07) is 15.0. The van der Waals surface area contributed by atoms with Crippen LogP contribution in [0.15, 0.2) is 48.5 Å². The highest BCUT2D eigenvalue weighted by Crippen LogP contribution is 2.27. The van der Waals surface area contributed by atoms with Gasteiger partial charge >= 0.3 is 0 Å². The first kappa shape index (κ1) is 19.8. The van der Waals surface area contributed by atoms with Crippen molar-refractivity contribution in [2.75, 3.05) is 20.8 Å². The molecule has 0 bridgehead atoms. The Labute approximate surface area is 148 Å². The standard InChI is InChI=1S/C18H22N2O3.ClH/c1-22-15-7-3-5-13(11-15)18(20-17(21)9-10-19)14-6-4-8-16(12-14)23-2;/h3-8,11-12,18H,9-10,19H2,1-2H3,(H,20,21);1H. The van der Waals surface area contributed by atoms with E-state index >= 15 is 0 Å². The first-order valence-corrected chi connectivity index (χ1v) is 7.45. The molecule has 2 rings (SSSR count). The molecule has 0 aliphatic heterocycles. The summed E-state index contributed by atoms with van der Waals surface area (Å²) in [5, 5.41) is 3.02. The van der Waals surface area contributed by atoms with E-state index in [9.17, 15) is 4.79 Å². The number of ether oxygens (including phenoxy) is 2. The van der Waals surface area contributed by atoms with Gasteiger partial charge in [0.2, 0.25) is 5.91 Å². The smallest absolute Gasteiger partial charge is 0.222 e. The molecule has 0 spiro atoms. The van der Waals surface area contributed by atoms with Crippen LogP contribution in [0.3, 0.4) is 0 Å². The summed E-state index contributed by atoms with van der Waals surface area (Å²) >= 11 is 0. The first-order valence-electron chi connectivity index (χ1n) is 7.45. The molecule has 0 heterocycles. The number of methoxy groups -OCH3 is 2. The van der Waals surface area contributed by atoms with Gasteiger partial charge in [0.15, 0.2) is 0 Å². The molecule has 0 aromatic heterocycles. The zero-order valence-corrected chi connectivity index (χ0v) is 14.6.